The van der Waals surface area contributed by atoms with Crippen LogP contribution in [0.25, 0.3) is 0 Å². The molecule has 0 bridgehead atoms. The van der Waals surface area contributed by atoms with E-state index in [-0.39, 0.29) is 13.0 Å². The molecule has 1 unspecified atom stereocenters. The quantitative estimate of drug-likeness (QED) is 0.645. The van der Waals surface area contributed by atoms with E-state index in [2.05, 4.69) is 5.32 Å². The van der Waals surface area contributed by atoms with Crippen molar-refractivity contribution in [2.24, 2.45) is 0 Å². The molecule has 0 aliphatic heterocycles. The first-order chi connectivity index (χ1) is 14.5. The van der Waals surface area contributed by atoms with Crippen molar-refractivity contribution >= 4 is 12.1 Å². The van der Waals surface area contributed by atoms with Gasteiger partial charge in [0.1, 0.15) is 29.7 Å². The van der Waals surface area contributed by atoms with Crippen LogP contribution in [-0.2, 0) is 22.6 Å². The van der Waals surface area contributed by atoms with E-state index in [9.17, 15) is 14.7 Å². The van der Waals surface area contributed by atoms with Crippen molar-refractivity contribution < 1.29 is 28.9 Å². The van der Waals surface area contributed by atoms with Crippen molar-refractivity contribution in [3.8, 4) is 11.5 Å². The van der Waals surface area contributed by atoms with Gasteiger partial charge in [-0.05, 0) is 69.5 Å². The van der Waals surface area contributed by atoms with Gasteiger partial charge in [-0.15, -0.1) is 0 Å². The first-order valence-electron chi connectivity index (χ1n) is 10.1. The molecule has 2 rings (SSSR count). The molecular formula is C24H31NO6. The highest BCUT2D eigenvalue weighted by Crippen LogP contribution is 2.25. The number of carboxylic acid groups (broad SMARTS) is 1. The van der Waals surface area contributed by atoms with E-state index in [4.69, 9.17) is 14.2 Å². The Labute approximate surface area is 183 Å². The van der Waals surface area contributed by atoms with Gasteiger partial charge in [-0.1, -0.05) is 18.2 Å². The summed E-state index contributed by atoms with van der Waals surface area (Å²) < 4.78 is 16.6. The minimum Gasteiger partial charge on any atom is -0.496 e. The van der Waals surface area contributed by atoms with Crippen molar-refractivity contribution in [3.63, 3.8) is 0 Å². The summed E-state index contributed by atoms with van der Waals surface area (Å²) in [5.74, 6) is 0.276. The Morgan fingerprint density at radius 3 is 2.39 bits per heavy atom. The molecule has 0 saturated carbocycles. The average molecular weight is 430 g/mol. The summed E-state index contributed by atoms with van der Waals surface area (Å²) in [6.45, 7) is 9.38. The molecule has 31 heavy (non-hydrogen) atoms. The van der Waals surface area contributed by atoms with Crippen LogP contribution in [0.4, 0.5) is 4.79 Å². The second kappa shape index (κ2) is 10.2. The Morgan fingerprint density at radius 1 is 1.06 bits per heavy atom. The SMILES string of the molecule is COc1ccc(CC(NC(=O)OC(C)(C)C)C(=O)O)cc1COc1cc(C)ccc1C. The van der Waals surface area contributed by atoms with Crippen LogP contribution in [0.2, 0.25) is 0 Å². The number of rotatable bonds is 8. The van der Waals surface area contributed by atoms with Gasteiger partial charge in [0.05, 0.1) is 7.11 Å². The average Bonchev–Trinajstić information content (AvgIpc) is 2.66. The lowest BCUT2D eigenvalue weighted by atomic mass is 10.0. The number of ether oxygens (including phenoxy) is 3. The van der Waals surface area contributed by atoms with Crippen molar-refractivity contribution in [2.45, 2.75) is 59.3 Å². The lowest BCUT2D eigenvalue weighted by molar-refractivity contribution is -0.139. The van der Waals surface area contributed by atoms with Crippen molar-refractivity contribution in [1.29, 1.82) is 0 Å². The Balaban J connectivity index is 2.16. The third-order valence-electron chi connectivity index (χ3n) is 4.50. The Kier molecular flexibility index (Phi) is 7.91. The predicted molar refractivity (Wildman–Crippen MR) is 118 cm³/mol. The lowest BCUT2D eigenvalue weighted by Gasteiger charge is -2.22. The molecule has 2 aromatic carbocycles. The number of methoxy groups -OCH3 is 1. The van der Waals surface area contributed by atoms with Crippen molar-refractivity contribution in [2.75, 3.05) is 7.11 Å². The standard InChI is InChI=1S/C24H31NO6/c1-15-7-8-16(2)21(11-15)30-14-18-12-17(9-10-20(18)29-6)13-19(22(26)27)25-23(28)31-24(3,4)5/h7-12,19H,13-14H2,1-6H3,(H,25,28)(H,26,27). The number of carboxylic acids is 1. The van der Waals surface area contributed by atoms with Gasteiger partial charge in [0.2, 0.25) is 0 Å². The molecule has 168 valence electrons. The molecule has 0 aliphatic carbocycles. The summed E-state index contributed by atoms with van der Waals surface area (Å²) in [5.41, 5.74) is 2.91. The molecule has 7 nitrogen and oxygen atoms in total. The number of carbonyl (C=O) groups excluding carboxylic acids is 1. The minimum absolute atomic E-state index is 0.0923. The largest absolute Gasteiger partial charge is 0.496 e. The molecule has 0 fully saturated rings. The maximum absolute atomic E-state index is 12.0. The second-order valence-corrected chi connectivity index (χ2v) is 8.45. The molecule has 0 aliphatic rings. The molecule has 2 N–H and O–H groups in total. The molecule has 0 aromatic heterocycles. The van der Waals surface area contributed by atoms with E-state index >= 15 is 0 Å². The van der Waals surface area contributed by atoms with Crippen LogP contribution in [-0.4, -0.2) is 35.9 Å². The molecule has 0 radical (unpaired) electrons. The highest BCUT2D eigenvalue weighted by molar-refractivity contribution is 5.80. The van der Waals surface area contributed by atoms with E-state index in [1.165, 1.54) is 0 Å². The molecule has 0 saturated heterocycles. The normalized spacial score (nSPS) is 12.1. The van der Waals surface area contributed by atoms with E-state index < -0.39 is 23.7 Å². The number of nitrogens with one attached hydrogen (secondary N) is 1. The third-order valence-corrected chi connectivity index (χ3v) is 4.50. The minimum atomic E-state index is -1.14. The van der Waals surface area contributed by atoms with Gasteiger partial charge in [-0.3, -0.25) is 0 Å². The molecule has 0 spiro atoms. The number of amides is 1. The van der Waals surface area contributed by atoms with Crippen molar-refractivity contribution in [1.82, 2.24) is 5.32 Å². The highest BCUT2D eigenvalue weighted by atomic mass is 16.6. The maximum atomic E-state index is 12.0. The topological polar surface area (TPSA) is 94.1 Å². The highest BCUT2D eigenvalue weighted by Gasteiger charge is 2.24. The summed E-state index contributed by atoms with van der Waals surface area (Å²) in [6, 6.07) is 10.2. The molecule has 2 aromatic rings. The van der Waals surface area contributed by atoms with Gasteiger partial charge in [-0.2, -0.15) is 0 Å². The molecule has 0 heterocycles. The lowest BCUT2D eigenvalue weighted by Crippen LogP contribution is -2.44. The zero-order valence-electron chi connectivity index (χ0n) is 18.9. The smallest absolute Gasteiger partial charge is 0.408 e. The number of aliphatic carboxylic acids is 1. The molecule has 1 atom stereocenters. The zero-order chi connectivity index (χ0) is 23.2. The summed E-state index contributed by atoms with van der Waals surface area (Å²) in [6.07, 6.45) is -0.679. The summed E-state index contributed by atoms with van der Waals surface area (Å²) in [7, 11) is 1.57. The van der Waals surface area contributed by atoms with Gasteiger partial charge < -0.3 is 24.6 Å². The molecular weight excluding hydrogens is 398 g/mol. The predicted octanol–water partition coefficient (Wildman–Crippen LogP) is 4.41. The number of benzene rings is 2. The zero-order valence-corrected chi connectivity index (χ0v) is 18.9. The summed E-state index contributed by atoms with van der Waals surface area (Å²) >= 11 is 0. The van der Waals surface area contributed by atoms with Crippen LogP contribution in [0.1, 0.15) is 43.0 Å². The van der Waals surface area contributed by atoms with Gasteiger partial charge in [-0.25, -0.2) is 9.59 Å². The molecule has 1 amide bonds. The third kappa shape index (κ3) is 7.51. The van der Waals surface area contributed by atoms with E-state index in [1.807, 2.05) is 38.1 Å². The van der Waals surface area contributed by atoms with Crippen LogP contribution >= 0.6 is 0 Å². The van der Waals surface area contributed by atoms with Crippen LogP contribution in [0, 0.1) is 13.8 Å². The number of alkyl carbamates (subject to hydrolysis) is 1. The Morgan fingerprint density at radius 2 is 1.77 bits per heavy atom. The summed E-state index contributed by atoms with van der Waals surface area (Å²) in [5, 5.41) is 12.0. The Bertz CT molecular complexity index is 932. The fourth-order valence-corrected chi connectivity index (χ4v) is 2.98. The number of aryl methyl sites for hydroxylation is 2. The first-order valence-corrected chi connectivity index (χ1v) is 10.1. The first kappa shape index (κ1) is 24.1. The second-order valence-electron chi connectivity index (χ2n) is 8.45. The van der Waals surface area contributed by atoms with Gasteiger partial charge in [0, 0.05) is 12.0 Å². The van der Waals surface area contributed by atoms with Crippen LogP contribution < -0.4 is 14.8 Å². The number of hydrogen-bond acceptors (Lipinski definition) is 5. The maximum Gasteiger partial charge on any atom is 0.408 e. The Hall–Kier alpha value is -3.22. The fraction of sp³-hybridized carbons (Fsp3) is 0.417. The molecule has 7 heteroatoms. The van der Waals surface area contributed by atoms with Crippen LogP contribution in [0.15, 0.2) is 36.4 Å². The van der Waals surface area contributed by atoms with Gasteiger partial charge in [0.15, 0.2) is 0 Å². The number of hydrogen-bond donors (Lipinski definition) is 2. The number of carbonyl (C=O) groups is 2. The van der Waals surface area contributed by atoms with E-state index in [0.717, 1.165) is 28.0 Å². The monoisotopic (exact) mass is 429 g/mol. The van der Waals surface area contributed by atoms with E-state index in [1.54, 1.807) is 40.0 Å². The summed E-state index contributed by atoms with van der Waals surface area (Å²) in [4.78, 5) is 23.7. The fourth-order valence-electron chi connectivity index (χ4n) is 2.98. The van der Waals surface area contributed by atoms with Crippen molar-refractivity contribution in [3.05, 3.63) is 58.7 Å². The van der Waals surface area contributed by atoms with Gasteiger partial charge in [0.25, 0.3) is 0 Å². The van der Waals surface area contributed by atoms with E-state index in [0.29, 0.717) is 5.75 Å². The van der Waals surface area contributed by atoms with Crippen LogP contribution in [0.3, 0.4) is 0 Å². The van der Waals surface area contributed by atoms with Gasteiger partial charge >= 0.3 is 12.1 Å². The van der Waals surface area contributed by atoms with Crippen LogP contribution in [0.5, 0.6) is 11.5 Å².